The fourth-order valence-electron chi connectivity index (χ4n) is 3.81. The summed E-state index contributed by atoms with van der Waals surface area (Å²) in [5.41, 5.74) is 2.63. The molecule has 9 heteroatoms. The monoisotopic (exact) mass is 452 g/mol. The smallest absolute Gasteiger partial charge is 0.293 e. The van der Waals surface area contributed by atoms with E-state index in [1.165, 1.54) is 17.8 Å². The largest absolute Gasteiger partial charge is 0.326 e. The van der Waals surface area contributed by atoms with Gasteiger partial charge >= 0.3 is 0 Å². The lowest BCUT2D eigenvalue weighted by Crippen LogP contribution is -2.30. The maximum atomic E-state index is 13.0. The zero-order valence-electron chi connectivity index (χ0n) is 18.2. The minimum atomic E-state index is -0.419. The number of amides is 2. The molecule has 2 amide bonds. The Morgan fingerprint density at radius 1 is 0.912 bits per heavy atom. The first-order valence-electron chi connectivity index (χ1n) is 10.6. The van der Waals surface area contributed by atoms with Gasteiger partial charge in [-0.05, 0) is 41.1 Å². The molecule has 0 saturated heterocycles. The van der Waals surface area contributed by atoms with Crippen LogP contribution in [0, 0.1) is 0 Å². The van der Waals surface area contributed by atoms with Crippen molar-refractivity contribution in [2.45, 2.75) is 13.5 Å². The standard InChI is InChI=1S/C25H20N6O3/c1-16(32)27-18-9-11-19(12-10-18)28-24(33)14-30-25(34)23-13-22(29-31(23)15-26-30)21-8-4-6-17-5-2-3-7-20(17)21/h2-13,15H,14H2,1H3,(H,27,32)(H,28,33). The molecule has 2 heterocycles. The summed E-state index contributed by atoms with van der Waals surface area (Å²) in [5.74, 6) is -0.582. The highest BCUT2D eigenvalue weighted by Crippen LogP contribution is 2.27. The predicted molar refractivity (Wildman–Crippen MR) is 130 cm³/mol. The fourth-order valence-corrected chi connectivity index (χ4v) is 3.81. The molecule has 2 N–H and O–H groups in total. The molecule has 5 aromatic rings. The zero-order valence-corrected chi connectivity index (χ0v) is 18.2. The quantitative estimate of drug-likeness (QED) is 0.425. The molecular weight excluding hydrogens is 432 g/mol. The lowest BCUT2D eigenvalue weighted by Gasteiger charge is -2.08. The summed E-state index contributed by atoms with van der Waals surface area (Å²) in [6.45, 7) is 1.17. The summed E-state index contributed by atoms with van der Waals surface area (Å²) >= 11 is 0. The predicted octanol–water partition coefficient (Wildman–Crippen LogP) is 3.31. The van der Waals surface area contributed by atoms with E-state index in [-0.39, 0.29) is 12.5 Å². The first-order chi connectivity index (χ1) is 16.5. The minimum Gasteiger partial charge on any atom is -0.326 e. The number of benzene rings is 3. The van der Waals surface area contributed by atoms with Gasteiger partial charge in [-0.15, -0.1) is 0 Å². The molecule has 34 heavy (non-hydrogen) atoms. The minimum absolute atomic E-state index is 0.180. The highest BCUT2D eigenvalue weighted by Gasteiger charge is 2.14. The van der Waals surface area contributed by atoms with Crippen LogP contribution in [0.25, 0.3) is 27.5 Å². The Balaban J connectivity index is 1.38. The SMILES string of the molecule is CC(=O)Nc1ccc(NC(=O)Cn2ncn3nc(-c4cccc5ccccc45)cc3c2=O)cc1. The number of nitrogens with zero attached hydrogens (tertiary/aromatic N) is 4. The van der Waals surface area contributed by atoms with Crippen LogP contribution in [0.1, 0.15) is 6.92 Å². The highest BCUT2D eigenvalue weighted by molar-refractivity contribution is 5.96. The number of hydrogen-bond acceptors (Lipinski definition) is 5. The van der Waals surface area contributed by atoms with Crippen molar-refractivity contribution in [3.63, 3.8) is 0 Å². The molecule has 0 atom stereocenters. The number of carbonyl (C=O) groups excluding carboxylic acids is 2. The molecule has 0 aliphatic carbocycles. The average molecular weight is 452 g/mol. The number of rotatable bonds is 5. The van der Waals surface area contributed by atoms with E-state index >= 15 is 0 Å². The van der Waals surface area contributed by atoms with Crippen molar-refractivity contribution in [3.8, 4) is 11.3 Å². The van der Waals surface area contributed by atoms with Crippen molar-refractivity contribution in [2.24, 2.45) is 0 Å². The third-order valence-electron chi connectivity index (χ3n) is 5.34. The molecular formula is C25H20N6O3. The van der Waals surface area contributed by atoms with Gasteiger partial charge in [0.05, 0.1) is 5.69 Å². The molecule has 0 aliphatic heterocycles. The normalized spacial score (nSPS) is 11.0. The summed E-state index contributed by atoms with van der Waals surface area (Å²) < 4.78 is 2.53. The van der Waals surface area contributed by atoms with Crippen LogP contribution in [0.15, 0.2) is 83.9 Å². The van der Waals surface area contributed by atoms with Crippen molar-refractivity contribution in [3.05, 3.63) is 89.5 Å². The van der Waals surface area contributed by atoms with E-state index in [1.807, 2.05) is 42.5 Å². The van der Waals surface area contributed by atoms with Gasteiger partial charge in [0, 0.05) is 23.9 Å². The second kappa shape index (κ2) is 8.62. The van der Waals surface area contributed by atoms with Gasteiger partial charge in [0.2, 0.25) is 11.8 Å². The maximum absolute atomic E-state index is 13.0. The molecule has 168 valence electrons. The van der Waals surface area contributed by atoms with Gasteiger partial charge in [-0.2, -0.15) is 10.2 Å². The van der Waals surface area contributed by atoms with Gasteiger partial charge in [0.1, 0.15) is 18.4 Å². The number of carbonyl (C=O) groups is 2. The van der Waals surface area contributed by atoms with Gasteiger partial charge in [-0.3, -0.25) is 14.4 Å². The van der Waals surface area contributed by atoms with Gasteiger partial charge in [-0.25, -0.2) is 9.20 Å². The third-order valence-corrected chi connectivity index (χ3v) is 5.34. The molecule has 0 radical (unpaired) electrons. The molecule has 0 unspecified atom stereocenters. The molecule has 0 fully saturated rings. The number of fused-ring (bicyclic) bond motifs is 2. The lowest BCUT2D eigenvalue weighted by molar-refractivity contribution is -0.117. The molecule has 9 nitrogen and oxygen atoms in total. The van der Waals surface area contributed by atoms with Gasteiger partial charge < -0.3 is 10.6 Å². The Kier molecular flexibility index (Phi) is 5.35. The van der Waals surface area contributed by atoms with Crippen LogP contribution in [0.3, 0.4) is 0 Å². The van der Waals surface area contributed by atoms with Crippen LogP contribution >= 0.6 is 0 Å². The molecule has 5 rings (SSSR count). The number of anilines is 2. The van der Waals surface area contributed by atoms with Crippen molar-refractivity contribution in [1.29, 1.82) is 0 Å². The van der Waals surface area contributed by atoms with Crippen molar-refractivity contribution in [2.75, 3.05) is 10.6 Å². The Bertz CT molecular complexity index is 1600. The highest BCUT2D eigenvalue weighted by atomic mass is 16.2. The van der Waals surface area contributed by atoms with Crippen molar-refractivity contribution < 1.29 is 9.59 Å². The second-order valence-electron chi connectivity index (χ2n) is 7.79. The summed E-state index contributed by atoms with van der Waals surface area (Å²) in [4.78, 5) is 36.6. The van der Waals surface area contributed by atoms with Gasteiger partial charge in [0.25, 0.3) is 5.56 Å². The zero-order chi connectivity index (χ0) is 23.7. The number of hydrogen-bond donors (Lipinski definition) is 2. The van der Waals surface area contributed by atoms with Gasteiger partial charge in [-0.1, -0.05) is 42.5 Å². The summed E-state index contributed by atoms with van der Waals surface area (Å²) in [6, 6.07) is 22.3. The molecule has 3 aromatic carbocycles. The number of nitrogens with one attached hydrogen (secondary N) is 2. The van der Waals surface area contributed by atoms with Crippen LogP contribution in [0.5, 0.6) is 0 Å². The van der Waals surface area contributed by atoms with Crippen LogP contribution < -0.4 is 16.2 Å². The molecule has 0 bridgehead atoms. The second-order valence-corrected chi connectivity index (χ2v) is 7.79. The molecule has 0 saturated carbocycles. The van der Waals surface area contributed by atoms with E-state index < -0.39 is 11.5 Å². The van der Waals surface area contributed by atoms with E-state index in [0.717, 1.165) is 21.0 Å². The van der Waals surface area contributed by atoms with E-state index in [0.29, 0.717) is 22.6 Å². The lowest BCUT2D eigenvalue weighted by atomic mass is 10.0. The Hall–Kier alpha value is -4.79. The average Bonchev–Trinajstić information content (AvgIpc) is 3.26. The van der Waals surface area contributed by atoms with Gasteiger partial charge in [0.15, 0.2) is 0 Å². The van der Waals surface area contributed by atoms with E-state index in [4.69, 9.17) is 0 Å². The van der Waals surface area contributed by atoms with E-state index in [1.54, 1.807) is 30.3 Å². The Labute approximate surface area is 193 Å². The van der Waals surface area contributed by atoms with Crippen LogP contribution in [0.4, 0.5) is 11.4 Å². The molecule has 2 aromatic heterocycles. The third kappa shape index (κ3) is 4.14. The van der Waals surface area contributed by atoms with Crippen LogP contribution in [0.2, 0.25) is 0 Å². The van der Waals surface area contributed by atoms with Crippen molar-refractivity contribution in [1.82, 2.24) is 19.4 Å². The van der Waals surface area contributed by atoms with E-state index in [2.05, 4.69) is 20.8 Å². The number of aromatic nitrogens is 4. The van der Waals surface area contributed by atoms with Crippen LogP contribution in [-0.2, 0) is 16.1 Å². The molecule has 0 aliphatic rings. The maximum Gasteiger partial charge on any atom is 0.293 e. The van der Waals surface area contributed by atoms with Crippen LogP contribution in [-0.4, -0.2) is 31.2 Å². The van der Waals surface area contributed by atoms with E-state index in [9.17, 15) is 14.4 Å². The fraction of sp³-hybridized carbons (Fsp3) is 0.0800. The Morgan fingerprint density at radius 2 is 1.62 bits per heavy atom. The molecule has 0 spiro atoms. The Morgan fingerprint density at radius 3 is 2.38 bits per heavy atom. The first-order valence-corrected chi connectivity index (χ1v) is 10.6. The topological polar surface area (TPSA) is 110 Å². The summed E-state index contributed by atoms with van der Waals surface area (Å²) in [7, 11) is 0. The summed E-state index contributed by atoms with van der Waals surface area (Å²) in [5, 5.41) is 16.1. The first kappa shape index (κ1) is 21.1. The summed E-state index contributed by atoms with van der Waals surface area (Å²) in [6.07, 6.45) is 1.42. The van der Waals surface area contributed by atoms with Crippen molar-refractivity contribution >= 4 is 39.5 Å².